The molecule has 2 aliphatic rings. The van der Waals surface area contributed by atoms with Crippen molar-refractivity contribution < 1.29 is 14.3 Å². The first kappa shape index (κ1) is 20.3. The number of hydrogen-bond acceptors (Lipinski definition) is 5. The molecule has 3 amide bonds. The maximum absolute atomic E-state index is 12.6. The van der Waals surface area contributed by atoms with Crippen LogP contribution in [0.25, 0.3) is 0 Å². The first-order valence-electron chi connectivity index (χ1n) is 10.2. The van der Waals surface area contributed by atoms with E-state index < -0.39 is 0 Å². The van der Waals surface area contributed by atoms with Crippen molar-refractivity contribution >= 4 is 11.9 Å². The third-order valence-electron chi connectivity index (χ3n) is 6.16. The number of urea groups is 1. The molecule has 2 aliphatic heterocycles. The van der Waals surface area contributed by atoms with E-state index in [4.69, 9.17) is 4.74 Å². The molecular weight excluding hydrogens is 384 g/mol. The Morgan fingerprint density at radius 2 is 1.93 bits per heavy atom. The summed E-state index contributed by atoms with van der Waals surface area (Å²) in [6.07, 6.45) is 2.47. The number of likely N-dealkylation sites (tertiary alicyclic amines) is 2. The van der Waals surface area contributed by atoms with Crippen LogP contribution in [0.1, 0.15) is 17.3 Å². The number of aryl methyl sites for hydroxylation is 1. The van der Waals surface area contributed by atoms with Gasteiger partial charge in [-0.3, -0.25) is 4.79 Å². The molecule has 1 spiro atoms. The van der Waals surface area contributed by atoms with Crippen molar-refractivity contribution in [1.82, 2.24) is 29.9 Å². The van der Waals surface area contributed by atoms with Crippen LogP contribution in [0.2, 0.25) is 0 Å². The van der Waals surface area contributed by atoms with Crippen LogP contribution >= 0.6 is 0 Å². The second-order valence-electron chi connectivity index (χ2n) is 8.25. The Hall–Kier alpha value is -2.94. The predicted octanol–water partition coefficient (Wildman–Crippen LogP) is 0.642. The Bertz CT molecular complexity index is 893. The summed E-state index contributed by atoms with van der Waals surface area (Å²) < 4.78 is 6.93. The molecule has 30 heavy (non-hydrogen) atoms. The summed E-state index contributed by atoms with van der Waals surface area (Å²) in [6.45, 7) is 3.01. The van der Waals surface area contributed by atoms with E-state index in [0.717, 1.165) is 12.2 Å². The number of nitrogens with zero attached hydrogens (tertiary/aromatic N) is 5. The molecule has 160 valence electrons. The summed E-state index contributed by atoms with van der Waals surface area (Å²) in [4.78, 5) is 28.7. The highest BCUT2D eigenvalue weighted by Crippen LogP contribution is 2.48. The largest absolute Gasteiger partial charge is 0.375 e. The summed E-state index contributed by atoms with van der Waals surface area (Å²) in [5, 5.41) is 11.3. The number of rotatable bonds is 6. The zero-order chi connectivity index (χ0) is 21.1. The number of amides is 3. The standard InChI is InChI=1S/C21H28N6O3/c1-25-15-23-24-19(25)17-10-26(18(28)11-30-2)12-21(17)13-27(14-21)20(29)22-9-8-16-6-4-3-5-7-16/h3-7,15,17H,8-14H2,1-2H3,(H,22,29). The zero-order valence-corrected chi connectivity index (χ0v) is 17.5. The fourth-order valence-corrected chi connectivity index (χ4v) is 4.58. The van der Waals surface area contributed by atoms with Crippen LogP contribution in [0.3, 0.4) is 0 Å². The normalized spacial score (nSPS) is 19.7. The predicted molar refractivity (Wildman–Crippen MR) is 110 cm³/mol. The zero-order valence-electron chi connectivity index (χ0n) is 17.5. The lowest BCUT2D eigenvalue weighted by molar-refractivity contribution is -0.134. The van der Waals surface area contributed by atoms with E-state index >= 15 is 0 Å². The molecule has 9 nitrogen and oxygen atoms in total. The van der Waals surface area contributed by atoms with Crippen molar-refractivity contribution in [3.05, 3.63) is 48.0 Å². The molecule has 1 atom stereocenters. The third kappa shape index (κ3) is 3.89. The number of methoxy groups -OCH3 is 1. The Labute approximate surface area is 176 Å². The average Bonchev–Trinajstić information content (AvgIpc) is 3.31. The fourth-order valence-electron chi connectivity index (χ4n) is 4.58. The van der Waals surface area contributed by atoms with Gasteiger partial charge in [0.1, 0.15) is 18.8 Å². The number of carbonyl (C=O) groups is 2. The first-order valence-corrected chi connectivity index (χ1v) is 10.2. The van der Waals surface area contributed by atoms with Crippen LogP contribution in [0.15, 0.2) is 36.7 Å². The number of hydrogen-bond donors (Lipinski definition) is 1. The van der Waals surface area contributed by atoms with E-state index in [1.807, 2.05) is 39.6 Å². The second-order valence-corrected chi connectivity index (χ2v) is 8.25. The molecule has 1 N–H and O–H groups in total. The van der Waals surface area contributed by atoms with E-state index in [2.05, 4.69) is 27.6 Å². The van der Waals surface area contributed by atoms with E-state index in [1.165, 1.54) is 12.7 Å². The maximum Gasteiger partial charge on any atom is 0.317 e. The molecule has 2 saturated heterocycles. The third-order valence-corrected chi connectivity index (χ3v) is 6.16. The van der Waals surface area contributed by atoms with Crippen LogP contribution < -0.4 is 5.32 Å². The van der Waals surface area contributed by atoms with Crippen molar-refractivity contribution in [2.24, 2.45) is 12.5 Å². The Morgan fingerprint density at radius 1 is 1.20 bits per heavy atom. The molecule has 0 bridgehead atoms. The van der Waals surface area contributed by atoms with Crippen LogP contribution in [-0.2, 0) is 23.0 Å². The van der Waals surface area contributed by atoms with Gasteiger partial charge < -0.3 is 24.4 Å². The van der Waals surface area contributed by atoms with Gasteiger partial charge in [-0.1, -0.05) is 30.3 Å². The second kappa shape index (κ2) is 8.43. The van der Waals surface area contributed by atoms with E-state index in [9.17, 15) is 9.59 Å². The van der Waals surface area contributed by atoms with Crippen molar-refractivity contribution in [3.8, 4) is 0 Å². The van der Waals surface area contributed by atoms with Crippen molar-refractivity contribution in [2.75, 3.05) is 46.4 Å². The highest BCUT2D eigenvalue weighted by Gasteiger charge is 2.58. The van der Waals surface area contributed by atoms with E-state index in [-0.39, 0.29) is 29.9 Å². The molecule has 0 aliphatic carbocycles. The summed E-state index contributed by atoms with van der Waals surface area (Å²) in [7, 11) is 3.43. The monoisotopic (exact) mass is 412 g/mol. The topological polar surface area (TPSA) is 92.6 Å². The maximum atomic E-state index is 12.6. The Balaban J connectivity index is 1.38. The molecule has 2 fully saturated rings. The Morgan fingerprint density at radius 3 is 2.60 bits per heavy atom. The lowest BCUT2D eigenvalue weighted by atomic mass is 9.71. The van der Waals surface area contributed by atoms with Crippen molar-refractivity contribution in [2.45, 2.75) is 12.3 Å². The highest BCUT2D eigenvalue weighted by atomic mass is 16.5. The van der Waals surface area contributed by atoms with Crippen molar-refractivity contribution in [1.29, 1.82) is 0 Å². The van der Waals surface area contributed by atoms with Crippen LogP contribution in [0.4, 0.5) is 4.79 Å². The lowest BCUT2D eigenvalue weighted by Gasteiger charge is -2.50. The molecule has 0 radical (unpaired) electrons. The minimum Gasteiger partial charge on any atom is -0.375 e. The quantitative estimate of drug-likeness (QED) is 0.752. The highest BCUT2D eigenvalue weighted by molar-refractivity contribution is 5.79. The Kier molecular flexibility index (Phi) is 5.72. The smallest absolute Gasteiger partial charge is 0.317 e. The van der Waals surface area contributed by atoms with Crippen LogP contribution in [0, 0.1) is 5.41 Å². The first-order chi connectivity index (χ1) is 14.5. The van der Waals surface area contributed by atoms with Gasteiger partial charge >= 0.3 is 6.03 Å². The van der Waals surface area contributed by atoms with Gasteiger partial charge in [-0.15, -0.1) is 10.2 Å². The molecule has 4 rings (SSSR count). The summed E-state index contributed by atoms with van der Waals surface area (Å²) in [5.74, 6) is 0.860. The SMILES string of the molecule is COCC(=O)N1CC(c2nncn2C)C2(C1)CN(C(=O)NCCc1ccccc1)C2. The van der Waals surface area contributed by atoms with Gasteiger partial charge in [0.15, 0.2) is 0 Å². The summed E-state index contributed by atoms with van der Waals surface area (Å²) in [5.41, 5.74) is 1.00. The number of carbonyl (C=O) groups excluding carboxylic acids is 2. The van der Waals surface area contributed by atoms with Gasteiger partial charge in [-0.2, -0.15) is 0 Å². The van der Waals surface area contributed by atoms with Gasteiger partial charge in [0.05, 0.1) is 0 Å². The molecule has 1 unspecified atom stereocenters. The molecule has 9 heteroatoms. The minimum atomic E-state index is -0.193. The number of benzene rings is 1. The van der Waals surface area contributed by atoms with Gasteiger partial charge in [0.2, 0.25) is 5.91 Å². The molecule has 2 aromatic rings. The van der Waals surface area contributed by atoms with E-state index in [1.54, 1.807) is 6.33 Å². The summed E-state index contributed by atoms with van der Waals surface area (Å²) >= 11 is 0. The van der Waals surface area contributed by atoms with Gasteiger partial charge in [-0.25, -0.2) is 4.79 Å². The lowest BCUT2D eigenvalue weighted by Crippen LogP contribution is -2.63. The fraction of sp³-hybridized carbons (Fsp3) is 0.524. The van der Waals surface area contributed by atoms with Crippen LogP contribution in [-0.4, -0.2) is 82.9 Å². The van der Waals surface area contributed by atoms with Crippen LogP contribution in [0.5, 0.6) is 0 Å². The number of ether oxygens (including phenoxy) is 1. The van der Waals surface area contributed by atoms with E-state index in [0.29, 0.717) is 32.7 Å². The molecule has 3 heterocycles. The van der Waals surface area contributed by atoms with Gasteiger partial charge in [0, 0.05) is 58.2 Å². The molecule has 1 aromatic carbocycles. The molecular formula is C21H28N6O3. The van der Waals surface area contributed by atoms with Gasteiger partial charge in [0.25, 0.3) is 0 Å². The summed E-state index contributed by atoms with van der Waals surface area (Å²) in [6, 6.07) is 10.0. The minimum absolute atomic E-state index is 0.0349. The average molecular weight is 412 g/mol. The molecule has 0 saturated carbocycles. The van der Waals surface area contributed by atoms with Gasteiger partial charge in [-0.05, 0) is 12.0 Å². The molecule has 1 aromatic heterocycles. The number of aromatic nitrogens is 3. The van der Waals surface area contributed by atoms with Crippen molar-refractivity contribution in [3.63, 3.8) is 0 Å². The number of nitrogens with one attached hydrogen (secondary N) is 1.